The summed E-state index contributed by atoms with van der Waals surface area (Å²) in [7, 11) is 3.49. The monoisotopic (exact) mass is 242 g/mol. The fourth-order valence-electron chi connectivity index (χ4n) is 1.39. The predicted molar refractivity (Wildman–Crippen MR) is 65.9 cm³/mol. The van der Waals surface area contributed by atoms with Crippen LogP contribution in [0.15, 0.2) is 30.3 Å². The Balaban J connectivity index is 1.82. The smallest absolute Gasteiger partial charge is 0.0945 e. The van der Waals surface area contributed by atoms with Gasteiger partial charge in [0.15, 0.2) is 0 Å². The minimum Gasteiger partial charge on any atom is -0.389 e. The number of ether oxygens (including phenoxy) is 1. The van der Waals surface area contributed by atoms with E-state index in [4.69, 9.17) is 4.74 Å². The first-order valence-corrected chi connectivity index (χ1v) is 7.43. The van der Waals surface area contributed by atoms with Gasteiger partial charge in [0.2, 0.25) is 0 Å². The van der Waals surface area contributed by atoms with Gasteiger partial charge in [0.25, 0.3) is 0 Å². The molecule has 1 fully saturated rings. The Morgan fingerprint density at radius 1 is 1.20 bits per heavy atom. The molecule has 0 radical (unpaired) electrons. The first-order valence-electron chi connectivity index (χ1n) is 4.94. The molecule has 0 bridgehead atoms. The van der Waals surface area contributed by atoms with E-state index >= 15 is 0 Å². The summed E-state index contributed by atoms with van der Waals surface area (Å²) < 4.78 is 5.70. The average molecular weight is 242 g/mol. The van der Waals surface area contributed by atoms with Gasteiger partial charge in [-0.25, -0.2) is 0 Å². The molecular formula is C11H14O2S2. The van der Waals surface area contributed by atoms with Gasteiger partial charge in [-0.2, -0.15) is 0 Å². The molecule has 1 N–H and O–H groups in total. The molecule has 1 saturated heterocycles. The molecule has 82 valence electrons. The number of hydrogen-bond donors (Lipinski definition) is 1. The lowest BCUT2D eigenvalue weighted by molar-refractivity contribution is -0.0225. The van der Waals surface area contributed by atoms with Crippen molar-refractivity contribution in [2.24, 2.45) is 0 Å². The average Bonchev–Trinajstić information content (AvgIpc) is 2.29. The Morgan fingerprint density at radius 2 is 1.93 bits per heavy atom. The molecule has 0 aromatic heterocycles. The van der Waals surface area contributed by atoms with Gasteiger partial charge in [0, 0.05) is 11.5 Å². The normalized spacial score (nSPS) is 26.5. The SMILES string of the molecule is O[C@H]1CSSCC1OCc1ccccc1. The van der Waals surface area contributed by atoms with Gasteiger partial charge in [0.05, 0.1) is 18.8 Å². The van der Waals surface area contributed by atoms with Crippen LogP contribution in [0.5, 0.6) is 0 Å². The van der Waals surface area contributed by atoms with E-state index < -0.39 is 0 Å². The summed E-state index contributed by atoms with van der Waals surface area (Å²) >= 11 is 0. The molecule has 2 atom stereocenters. The zero-order chi connectivity index (χ0) is 10.5. The third-order valence-corrected chi connectivity index (χ3v) is 4.72. The van der Waals surface area contributed by atoms with Crippen molar-refractivity contribution in [1.82, 2.24) is 0 Å². The largest absolute Gasteiger partial charge is 0.389 e. The maximum Gasteiger partial charge on any atom is 0.0945 e. The van der Waals surface area contributed by atoms with Crippen molar-refractivity contribution in [2.75, 3.05) is 11.5 Å². The summed E-state index contributed by atoms with van der Waals surface area (Å²) in [5, 5.41) is 9.69. The van der Waals surface area contributed by atoms with Crippen LogP contribution in [0.25, 0.3) is 0 Å². The Morgan fingerprint density at radius 3 is 2.67 bits per heavy atom. The molecule has 2 rings (SSSR count). The molecule has 0 aliphatic carbocycles. The summed E-state index contributed by atoms with van der Waals surface area (Å²) in [6.45, 7) is 0.591. The van der Waals surface area contributed by atoms with Gasteiger partial charge < -0.3 is 9.84 Å². The van der Waals surface area contributed by atoms with E-state index in [9.17, 15) is 5.11 Å². The lowest BCUT2D eigenvalue weighted by Gasteiger charge is -2.26. The Labute approximate surface area is 97.8 Å². The van der Waals surface area contributed by atoms with Crippen molar-refractivity contribution in [2.45, 2.75) is 18.8 Å². The molecule has 2 nitrogen and oxygen atoms in total. The third kappa shape index (κ3) is 3.41. The van der Waals surface area contributed by atoms with Crippen LogP contribution in [0.2, 0.25) is 0 Å². The van der Waals surface area contributed by atoms with Gasteiger partial charge in [-0.05, 0) is 5.56 Å². The summed E-state index contributed by atoms with van der Waals surface area (Å²) in [5.41, 5.74) is 1.16. The van der Waals surface area contributed by atoms with Gasteiger partial charge in [0.1, 0.15) is 0 Å². The van der Waals surface area contributed by atoms with Gasteiger partial charge in [-0.15, -0.1) is 0 Å². The van der Waals surface area contributed by atoms with E-state index in [1.54, 1.807) is 21.6 Å². The standard InChI is InChI=1S/C11H14O2S2/c12-10-7-14-15-8-11(10)13-6-9-4-2-1-3-5-9/h1-5,10-12H,6-8H2/t10-,11?/m0/s1. The molecule has 1 aliphatic rings. The second kappa shape index (κ2) is 5.80. The minimum atomic E-state index is -0.319. The molecule has 1 aromatic rings. The van der Waals surface area contributed by atoms with Crippen LogP contribution in [-0.2, 0) is 11.3 Å². The van der Waals surface area contributed by atoms with E-state index in [-0.39, 0.29) is 12.2 Å². The third-order valence-electron chi connectivity index (χ3n) is 2.29. The van der Waals surface area contributed by atoms with Gasteiger partial charge in [-0.1, -0.05) is 51.9 Å². The first kappa shape index (κ1) is 11.3. The zero-order valence-electron chi connectivity index (χ0n) is 8.33. The molecule has 1 aromatic carbocycles. The number of hydrogen-bond acceptors (Lipinski definition) is 4. The number of rotatable bonds is 3. The lowest BCUT2D eigenvalue weighted by Crippen LogP contribution is -2.35. The molecule has 1 aliphatic heterocycles. The molecule has 0 amide bonds. The van der Waals surface area contributed by atoms with Crippen LogP contribution in [0.1, 0.15) is 5.56 Å². The van der Waals surface area contributed by atoms with E-state index in [1.165, 1.54) is 0 Å². The van der Waals surface area contributed by atoms with Crippen LogP contribution in [0, 0.1) is 0 Å². The van der Waals surface area contributed by atoms with Crippen molar-refractivity contribution in [3.8, 4) is 0 Å². The fourth-order valence-corrected chi connectivity index (χ4v) is 3.79. The Hall–Kier alpha value is -0.160. The molecule has 1 unspecified atom stereocenters. The summed E-state index contributed by atoms with van der Waals surface area (Å²) in [5.74, 6) is 1.64. The maximum atomic E-state index is 9.69. The summed E-state index contributed by atoms with van der Waals surface area (Å²) in [6.07, 6.45) is -0.337. The lowest BCUT2D eigenvalue weighted by atomic mass is 10.2. The van der Waals surface area contributed by atoms with Crippen LogP contribution >= 0.6 is 21.6 Å². The van der Waals surface area contributed by atoms with E-state index in [0.29, 0.717) is 6.61 Å². The molecule has 1 heterocycles. The van der Waals surface area contributed by atoms with Crippen molar-refractivity contribution in [1.29, 1.82) is 0 Å². The predicted octanol–water partition coefficient (Wildman–Crippen LogP) is 2.33. The minimum absolute atomic E-state index is 0.0172. The van der Waals surface area contributed by atoms with E-state index in [0.717, 1.165) is 17.1 Å². The van der Waals surface area contributed by atoms with Gasteiger partial charge in [-0.3, -0.25) is 0 Å². The Bertz CT molecular complexity index is 292. The number of aliphatic hydroxyl groups excluding tert-OH is 1. The Kier molecular flexibility index (Phi) is 4.38. The van der Waals surface area contributed by atoms with Crippen molar-refractivity contribution >= 4 is 21.6 Å². The maximum absolute atomic E-state index is 9.69. The van der Waals surface area contributed by atoms with Crippen LogP contribution in [0.3, 0.4) is 0 Å². The van der Waals surface area contributed by atoms with Crippen molar-refractivity contribution in [3.05, 3.63) is 35.9 Å². The highest BCUT2D eigenvalue weighted by Crippen LogP contribution is 2.31. The van der Waals surface area contributed by atoms with Gasteiger partial charge >= 0.3 is 0 Å². The van der Waals surface area contributed by atoms with E-state index in [1.807, 2.05) is 30.3 Å². The molecule has 4 heteroatoms. The van der Waals surface area contributed by atoms with Crippen molar-refractivity contribution in [3.63, 3.8) is 0 Å². The second-order valence-corrected chi connectivity index (χ2v) is 6.02. The second-order valence-electron chi connectivity index (χ2n) is 3.47. The van der Waals surface area contributed by atoms with E-state index in [2.05, 4.69) is 0 Å². The highest BCUT2D eigenvalue weighted by Gasteiger charge is 2.24. The highest BCUT2D eigenvalue weighted by molar-refractivity contribution is 8.76. The summed E-state index contributed by atoms with van der Waals surface area (Å²) in [6, 6.07) is 10.1. The number of benzene rings is 1. The zero-order valence-corrected chi connectivity index (χ0v) is 9.97. The molecular weight excluding hydrogens is 228 g/mol. The molecule has 0 spiro atoms. The topological polar surface area (TPSA) is 29.5 Å². The first-order chi connectivity index (χ1) is 7.36. The number of aliphatic hydroxyl groups is 1. The molecule has 15 heavy (non-hydrogen) atoms. The van der Waals surface area contributed by atoms with Crippen molar-refractivity contribution < 1.29 is 9.84 Å². The van der Waals surface area contributed by atoms with Crippen LogP contribution < -0.4 is 0 Å². The van der Waals surface area contributed by atoms with Crippen LogP contribution in [0.4, 0.5) is 0 Å². The quantitative estimate of drug-likeness (QED) is 0.824. The highest BCUT2D eigenvalue weighted by atomic mass is 33.1. The summed E-state index contributed by atoms with van der Waals surface area (Å²) in [4.78, 5) is 0. The molecule has 0 saturated carbocycles. The van der Waals surface area contributed by atoms with Crippen LogP contribution in [-0.4, -0.2) is 28.8 Å². The fraction of sp³-hybridized carbons (Fsp3) is 0.455.